The second kappa shape index (κ2) is 7.60. The van der Waals surface area contributed by atoms with Gasteiger partial charge >= 0.3 is 0 Å². The molecule has 2 heterocycles. The van der Waals surface area contributed by atoms with Crippen molar-refractivity contribution < 1.29 is 18.6 Å². The molecule has 0 unspecified atom stereocenters. The van der Waals surface area contributed by atoms with Crippen LogP contribution in [0.5, 0.6) is 5.75 Å². The second-order valence-corrected chi connectivity index (χ2v) is 6.44. The number of ether oxygens (including phenoxy) is 3. The molecule has 1 aromatic carbocycles. The van der Waals surface area contributed by atoms with E-state index in [2.05, 4.69) is 4.90 Å². The Hall–Kier alpha value is -1.17. The van der Waals surface area contributed by atoms with E-state index >= 15 is 0 Å². The molecule has 0 radical (unpaired) electrons. The van der Waals surface area contributed by atoms with Gasteiger partial charge in [-0.3, -0.25) is 0 Å². The highest BCUT2D eigenvalue weighted by Crippen LogP contribution is 2.36. The zero-order valence-electron chi connectivity index (χ0n) is 13.8. The van der Waals surface area contributed by atoms with E-state index in [0.717, 1.165) is 51.9 Å². The van der Waals surface area contributed by atoms with Crippen LogP contribution in [0.25, 0.3) is 0 Å². The number of likely N-dealkylation sites (tertiary alicyclic amines) is 1. The van der Waals surface area contributed by atoms with Gasteiger partial charge in [0.15, 0.2) is 11.6 Å². The minimum absolute atomic E-state index is 0.126. The van der Waals surface area contributed by atoms with E-state index in [-0.39, 0.29) is 17.5 Å². The van der Waals surface area contributed by atoms with Crippen molar-refractivity contribution in [1.29, 1.82) is 0 Å². The number of methoxy groups -OCH3 is 1. The number of nitrogens with zero attached hydrogens (tertiary/aromatic N) is 1. The summed E-state index contributed by atoms with van der Waals surface area (Å²) in [6.07, 6.45) is 4.28. The molecule has 3 rings (SSSR count). The molecule has 2 aliphatic heterocycles. The summed E-state index contributed by atoms with van der Waals surface area (Å²) >= 11 is 0. The van der Waals surface area contributed by atoms with E-state index < -0.39 is 0 Å². The van der Waals surface area contributed by atoms with Gasteiger partial charge in [0.25, 0.3) is 0 Å². The van der Waals surface area contributed by atoms with E-state index in [1.54, 1.807) is 25.3 Å². The zero-order valence-corrected chi connectivity index (χ0v) is 13.8. The predicted octanol–water partition coefficient (Wildman–Crippen LogP) is 2.86. The molecule has 0 bridgehead atoms. The highest BCUT2D eigenvalue weighted by Gasteiger charge is 2.46. The van der Waals surface area contributed by atoms with E-state index in [9.17, 15) is 4.39 Å². The molecule has 2 saturated heterocycles. The molecular weight excluding hydrogens is 297 g/mol. The number of benzene rings is 1. The molecule has 0 N–H and O–H groups in total. The van der Waals surface area contributed by atoms with Crippen LogP contribution < -0.4 is 4.74 Å². The fourth-order valence-electron chi connectivity index (χ4n) is 3.78. The lowest BCUT2D eigenvalue weighted by molar-refractivity contribution is -0.144. The molecule has 0 aliphatic carbocycles. The maximum absolute atomic E-state index is 13.5. The number of hydrogen-bond acceptors (Lipinski definition) is 4. The summed E-state index contributed by atoms with van der Waals surface area (Å²) in [5.74, 6) is 0.0351. The van der Waals surface area contributed by atoms with Crippen LogP contribution in [-0.4, -0.2) is 56.6 Å². The van der Waals surface area contributed by atoms with Crippen molar-refractivity contribution in [3.63, 3.8) is 0 Å². The third kappa shape index (κ3) is 3.84. The van der Waals surface area contributed by atoms with Crippen LogP contribution in [0.2, 0.25) is 0 Å². The van der Waals surface area contributed by atoms with Gasteiger partial charge in [-0.25, -0.2) is 4.39 Å². The molecule has 2 fully saturated rings. The predicted molar refractivity (Wildman–Crippen MR) is 86.3 cm³/mol. The zero-order chi connectivity index (χ0) is 16.1. The lowest BCUT2D eigenvalue weighted by Gasteiger charge is -2.44. The summed E-state index contributed by atoms with van der Waals surface area (Å²) in [6, 6.07) is 6.55. The summed E-state index contributed by atoms with van der Waals surface area (Å²) in [6.45, 7) is 4.24. The minimum atomic E-state index is -0.299. The third-order valence-corrected chi connectivity index (χ3v) is 4.92. The molecular formula is C18H26FNO3. The summed E-state index contributed by atoms with van der Waals surface area (Å²) in [5, 5.41) is 0. The first-order chi connectivity index (χ1) is 11.2. The van der Waals surface area contributed by atoms with Gasteiger partial charge in [0.1, 0.15) is 5.60 Å². The topological polar surface area (TPSA) is 30.9 Å². The van der Waals surface area contributed by atoms with Gasteiger partial charge in [0.2, 0.25) is 0 Å². The summed E-state index contributed by atoms with van der Waals surface area (Å²) in [5.41, 5.74) is -0.126. The first-order valence-corrected chi connectivity index (χ1v) is 8.50. The normalized spacial score (nSPS) is 28.3. The van der Waals surface area contributed by atoms with Gasteiger partial charge in [-0.15, -0.1) is 0 Å². The Morgan fingerprint density at radius 2 is 2.26 bits per heavy atom. The van der Waals surface area contributed by atoms with Gasteiger partial charge in [-0.05, 0) is 37.8 Å². The molecule has 23 heavy (non-hydrogen) atoms. The standard InChI is InChI=1S/C18H26FNO3/c1-21-17-8-11-20(14-18(17)9-4-13-23-18)10-5-12-22-16-7-3-2-6-15(16)19/h2-3,6-7,17H,4-5,8-14H2,1H3/t17-,18-/m0/s1. The van der Waals surface area contributed by atoms with Crippen LogP contribution in [-0.2, 0) is 9.47 Å². The van der Waals surface area contributed by atoms with Crippen molar-refractivity contribution in [2.75, 3.05) is 40.0 Å². The Balaban J connectivity index is 1.45. The first-order valence-electron chi connectivity index (χ1n) is 8.50. The van der Waals surface area contributed by atoms with E-state index in [1.165, 1.54) is 6.07 Å². The maximum Gasteiger partial charge on any atom is 0.165 e. The highest BCUT2D eigenvalue weighted by molar-refractivity contribution is 5.23. The van der Waals surface area contributed by atoms with Crippen LogP contribution in [0, 0.1) is 5.82 Å². The van der Waals surface area contributed by atoms with E-state index in [4.69, 9.17) is 14.2 Å². The maximum atomic E-state index is 13.5. The molecule has 2 aliphatic rings. The van der Waals surface area contributed by atoms with Crippen molar-refractivity contribution in [2.45, 2.75) is 37.4 Å². The lowest BCUT2D eigenvalue weighted by Crippen LogP contribution is -2.57. The van der Waals surface area contributed by atoms with Crippen LogP contribution >= 0.6 is 0 Å². The van der Waals surface area contributed by atoms with Gasteiger partial charge < -0.3 is 19.1 Å². The average molecular weight is 323 g/mol. The number of rotatable bonds is 6. The van der Waals surface area contributed by atoms with Crippen molar-refractivity contribution in [2.24, 2.45) is 0 Å². The fourth-order valence-corrected chi connectivity index (χ4v) is 3.78. The third-order valence-electron chi connectivity index (χ3n) is 4.92. The van der Waals surface area contributed by atoms with E-state index in [1.807, 2.05) is 0 Å². The van der Waals surface area contributed by atoms with Crippen LogP contribution in [0.4, 0.5) is 4.39 Å². The van der Waals surface area contributed by atoms with Gasteiger partial charge in [0, 0.05) is 33.4 Å². The quantitative estimate of drug-likeness (QED) is 0.753. The molecule has 0 aromatic heterocycles. The Kier molecular flexibility index (Phi) is 5.51. The number of piperidine rings is 1. The van der Waals surface area contributed by atoms with Crippen LogP contribution in [0.1, 0.15) is 25.7 Å². The Labute approximate surface area is 137 Å². The molecule has 5 heteroatoms. The molecule has 4 nitrogen and oxygen atoms in total. The number of para-hydroxylation sites is 1. The van der Waals surface area contributed by atoms with Gasteiger partial charge in [-0.2, -0.15) is 0 Å². The molecule has 2 atom stereocenters. The Morgan fingerprint density at radius 1 is 1.39 bits per heavy atom. The largest absolute Gasteiger partial charge is 0.490 e. The SMILES string of the molecule is CO[C@H]1CCN(CCCOc2ccccc2F)C[C@@]12CCCO2. The summed E-state index contributed by atoms with van der Waals surface area (Å²) in [7, 11) is 1.78. The number of hydrogen-bond donors (Lipinski definition) is 0. The van der Waals surface area contributed by atoms with Crippen molar-refractivity contribution in [1.82, 2.24) is 4.90 Å². The summed E-state index contributed by atoms with van der Waals surface area (Å²) in [4.78, 5) is 2.42. The Bertz CT molecular complexity index is 505. The van der Waals surface area contributed by atoms with Gasteiger partial charge in [0.05, 0.1) is 12.7 Å². The van der Waals surface area contributed by atoms with Gasteiger partial charge in [-0.1, -0.05) is 12.1 Å². The van der Waals surface area contributed by atoms with E-state index in [0.29, 0.717) is 12.4 Å². The Morgan fingerprint density at radius 3 is 3.00 bits per heavy atom. The van der Waals surface area contributed by atoms with Crippen molar-refractivity contribution >= 4 is 0 Å². The number of halogens is 1. The highest BCUT2D eigenvalue weighted by atomic mass is 19.1. The molecule has 0 amide bonds. The molecule has 0 saturated carbocycles. The van der Waals surface area contributed by atoms with Crippen LogP contribution in [0.15, 0.2) is 24.3 Å². The molecule has 128 valence electrons. The van der Waals surface area contributed by atoms with Crippen molar-refractivity contribution in [3.8, 4) is 5.75 Å². The monoisotopic (exact) mass is 323 g/mol. The van der Waals surface area contributed by atoms with Crippen molar-refractivity contribution in [3.05, 3.63) is 30.1 Å². The molecule has 1 aromatic rings. The smallest absolute Gasteiger partial charge is 0.165 e. The molecule has 1 spiro atoms. The summed E-state index contributed by atoms with van der Waals surface area (Å²) < 4.78 is 30.7. The minimum Gasteiger partial charge on any atom is -0.490 e. The lowest BCUT2D eigenvalue weighted by atomic mass is 9.87. The van der Waals surface area contributed by atoms with Crippen LogP contribution in [0.3, 0.4) is 0 Å². The first kappa shape index (κ1) is 16.7. The second-order valence-electron chi connectivity index (χ2n) is 6.44. The fraction of sp³-hybridized carbons (Fsp3) is 0.667. The average Bonchev–Trinajstić information content (AvgIpc) is 3.02.